The standard InChI is InChI=1S/C24H19F4NO3/c1-14-3-4-15(10-18(14)13-30)16-5-8-22(32-2)17(9-16)12-29-23(31)20-7-6-19(11-21(20)25)24(26,27)28/h3-11,13H,12H2,1-2H3,(H,29,31). The van der Waals surface area contributed by atoms with E-state index in [1.165, 1.54) is 7.11 Å². The second-order valence-electron chi connectivity index (χ2n) is 7.09. The Bertz CT molecular complexity index is 1170. The topological polar surface area (TPSA) is 55.4 Å². The Kier molecular flexibility index (Phi) is 6.62. The zero-order chi connectivity index (χ0) is 23.5. The van der Waals surface area contributed by atoms with Crippen LogP contribution in [0.2, 0.25) is 0 Å². The molecule has 0 spiro atoms. The van der Waals surface area contributed by atoms with Crippen molar-refractivity contribution in [2.75, 3.05) is 7.11 Å². The number of carbonyl (C=O) groups excluding carboxylic acids is 2. The lowest BCUT2D eigenvalue weighted by molar-refractivity contribution is -0.137. The van der Waals surface area contributed by atoms with Crippen molar-refractivity contribution < 1.29 is 31.9 Å². The molecule has 0 radical (unpaired) electrons. The highest BCUT2D eigenvalue weighted by atomic mass is 19.4. The second-order valence-corrected chi connectivity index (χ2v) is 7.09. The fraction of sp³-hybridized carbons (Fsp3) is 0.167. The summed E-state index contributed by atoms with van der Waals surface area (Å²) in [5.41, 5.74) is 1.82. The van der Waals surface area contributed by atoms with E-state index in [-0.39, 0.29) is 12.6 Å². The Balaban J connectivity index is 1.83. The van der Waals surface area contributed by atoms with Crippen LogP contribution in [0.5, 0.6) is 5.75 Å². The number of ether oxygens (including phenoxy) is 1. The summed E-state index contributed by atoms with van der Waals surface area (Å²) in [4.78, 5) is 23.6. The van der Waals surface area contributed by atoms with Crippen molar-refractivity contribution in [3.63, 3.8) is 0 Å². The van der Waals surface area contributed by atoms with Crippen LogP contribution in [0.25, 0.3) is 11.1 Å². The summed E-state index contributed by atoms with van der Waals surface area (Å²) < 4.78 is 57.5. The van der Waals surface area contributed by atoms with Crippen LogP contribution in [-0.4, -0.2) is 19.3 Å². The smallest absolute Gasteiger partial charge is 0.416 e. The third-order valence-electron chi connectivity index (χ3n) is 5.00. The molecular formula is C24H19F4NO3. The number of hydrogen-bond acceptors (Lipinski definition) is 3. The van der Waals surface area contributed by atoms with Crippen molar-refractivity contribution in [3.8, 4) is 16.9 Å². The number of alkyl halides is 3. The first-order chi connectivity index (χ1) is 15.1. The molecule has 3 rings (SSSR count). The Morgan fingerprint density at radius 3 is 2.34 bits per heavy atom. The van der Waals surface area contributed by atoms with Crippen molar-refractivity contribution in [1.82, 2.24) is 5.32 Å². The molecule has 0 atom stereocenters. The van der Waals surface area contributed by atoms with Gasteiger partial charge in [0.2, 0.25) is 0 Å². The molecule has 0 aliphatic rings. The van der Waals surface area contributed by atoms with E-state index in [1.807, 2.05) is 19.1 Å². The van der Waals surface area contributed by atoms with Crippen LogP contribution in [0, 0.1) is 12.7 Å². The lowest BCUT2D eigenvalue weighted by atomic mass is 9.98. The van der Waals surface area contributed by atoms with Crippen molar-refractivity contribution in [2.45, 2.75) is 19.6 Å². The molecule has 1 N–H and O–H groups in total. The van der Waals surface area contributed by atoms with Crippen LogP contribution in [0.3, 0.4) is 0 Å². The summed E-state index contributed by atoms with van der Waals surface area (Å²) in [5.74, 6) is -1.66. The lowest BCUT2D eigenvalue weighted by Gasteiger charge is -2.13. The molecule has 0 aromatic heterocycles. The lowest BCUT2D eigenvalue weighted by Crippen LogP contribution is -2.24. The number of halogens is 4. The van der Waals surface area contributed by atoms with Crippen LogP contribution >= 0.6 is 0 Å². The van der Waals surface area contributed by atoms with Crippen molar-refractivity contribution in [2.24, 2.45) is 0 Å². The fourth-order valence-electron chi connectivity index (χ4n) is 3.19. The van der Waals surface area contributed by atoms with E-state index in [1.54, 1.807) is 24.3 Å². The molecule has 4 nitrogen and oxygen atoms in total. The number of amides is 1. The number of hydrogen-bond donors (Lipinski definition) is 1. The molecule has 1 amide bonds. The average Bonchev–Trinajstić information content (AvgIpc) is 2.76. The molecule has 8 heteroatoms. The molecule has 0 saturated heterocycles. The predicted molar refractivity (Wildman–Crippen MR) is 111 cm³/mol. The molecule has 3 aromatic rings. The number of methoxy groups -OCH3 is 1. The molecule has 166 valence electrons. The molecule has 0 aliphatic heterocycles. The highest BCUT2D eigenvalue weighted by Crippen LogP contribution is 2.31. The minimum Gasteiger partial charge on any atom is -0.496 e. The maximum Gasteiger partial charge on any atom is 0.416 e. The molecule has 0 bridgehead atoms. The van der Waals surface area contributed by atoms with Gasteiger partial charge >= 0.3 is 6.18 Å². The maximum atomic E-state index is 14.1. The monoisotopic (exact) mass is 445 g/mol. The van der Waals surface area contributed by atoms with Gasteiger partial charge in [0.15, 0.2) is 0 Å². The third kappa shape index (κ3) is 4.96. The van der Waals surface area contributed by atoms with Gasteiger partial charge in [-0.2, -0.15) is 13.2 Å². The zero-order valence-electron chi connectivity index (χ0n) is 17.2. The van der Waals surface area contributed by atoms with Gasteiger partial charge in [0, 0.05) is 17.7 Å². The summed E-state index contributed by atoms with van der Waals surface area (Å²) in [7, 11) is 1.45. The summed E-state index contributed by atoms with van der Waals surface area (Å²) in [6.45, 7) is 1.77. The number of nitrogens with one attached hydrogen (secondary N) is 1. The number of aryl methyl sites for hydroxylation is 1. The predicted octanol–water partition coefficient (Wildman–Crippen LogP) is 5.57. The Morgan fingerprint density at radius 1 is 1.03 bits per heavy atom. The first-order valence-corrected chi connectivity index (χ1v) is 9.52. The maximum absolute atomic E-state index is 14.1. The molecule has 0 aliphatic carbocycles. The van der Waals surface area contributed by atoms with E-state index in [0.29, 0.717) is 22.9 Å². The van der Waals surface area contributed by atoms with Gasteiger partial charge in [0.05, 0.1) is 18.2 Å². The van der Waals surface area contributed by atoms with Gasteiger partial charge in [0.1, 0.15) is 17.9 Å². The highest BCUT2D eigenvalue weighted by Gasteiger charge is 2.31. The van der Waals surface area contributed by atoms with Gasteiger partial charge in [0.25, 0.3) is 5.91 Å². The highest BCUT2D eigenvalue weighted by molar-refractivity contribution is 5.94. The molecule has 0 unspecified atom stereocenters. The SMILES string of the molecule is COc1ccc(-c2ccc(C)c(C=O)c2)cc1CNC(=O)c1ccc(C(F)(F)F)cc1F. The van der Waals surface area contributed by atoms with E-state index in [2.05, 4.69) is 5.32 Å². The van der Waals surface area contributed by atoms with Gasteiger partial charge in [-0.1, -0.05) is 18.2 Å². The molecule has 0 heterocycles. The molecule has 3 aromatic carbocycles. The van der Waals surface area contributed by atoms with Crippen molar-refractivity contribution >= 4 is 12.2 Å². The van der Waals surface area contributed by atoms with E-state index in [9.17, 15) is 27.2 Å². The summed E-state index contributed by atoms with van der Waals surface area (Å²) >= 11 is 0. The third-order valence-corrected chi connectivity index (χ3v) is 5.00. The van der Waals surface area contributed by atoms with Crippen molar-refractivity contribution in [3.05, 3.63) is 88.2 Å². The molecule has 0 saturated carbocycles. The van der Waals surface area contributed by atoms with Crippen LogP contribution in [-0.2, 0) is 12.7 Å². The van der Waals surface area contributed by atoms with Gasteiger partial charge in [-0.25, -0.2) is 4.39 Å². The molecule has 0 fully saturated rings. The van der Waals surface area contributed by atoms with Gasteiger partial charge in [-0.3, -0.25) is 9.59 Å². The van der Waals surface area contributed by atoms with Crippen LogP contribution in [0.1, 0.15) is 37.4 Å². The van der Waals surface area contributed by atoms with Crippen LogP contribution in [0.4, 0.5) is 17.6 Å². The summed E-state index contributed by atoms with van der Waals surface area (Å²) in [6.07, 6.45) is -3.94. The quantitative estimate of drug-likeness (QED) is 0.399. The first-order valence-electron chi connectivity index (χ1n) is 9.52. The largest absolute Gasteiger partial charge is 0.496 e. The van der Waals surface area contributed by atoms with E-state index in [4.69, 9.17) is 4.74 Å². The normalized spacial score (nSPS) is 11.2. The molecule has 32 heavy (non-hydrogen) atoms. The summed E-state index contributed by atoms with van der Waals surface area (Å²) in [6, 6.07) is 12.4. The Hall–Kier alpha value is -3.68. The van der Waals surface area contributed by atoms with Gasteiger partial charge in [-0.05, 0) is 60.0 Å². The van der Waals surface area contributed by atoms with Crippen LogP contribution < -0.4 is 10.1 Å². The zero-order valence-corrected chi connectivity index (χ0v) is 17.2. The second kappa shape index (κ2) is 9.21. The van der Waals surface area contributed by atoms with E-state index >= 15 is 0 Å². The first kappa shape index (κ1) is 23.0. The average molecular weight is 445 g/mol. The minimum absolute atomic E-state index is 0.0529. The Labute approximate surface area is 181 Å². The number of rotatable bonds is 6. The minimum atomic E-state index is -4.71. The summed E-state index contributed by atoms with van der Waals surface area (Å²) in [5, 5.41) is 2.50. The Morgan fingerprint density at radius 2 is 1.72 bits per heavy atom. The van der Waals surface area contributed by atoms with Crippen molar-refractivity contribution in [1.29, 1.82) is 0 Å². The number of benzene rings is 3. The van der Waals surface area contributed by atoms with Crippen LogP contribution in [0.15, 0.2) is 54.6 Å². The number of aldehydes is 1. The fourth-order valence-corrected chi connectivity index (χ4v) is 3.19. The van der Waals surface area contributed by atoms with Gasteiger partial charge < -0.3 is 10.1 Å². The van der Waals surface area contributed by atoms with E-state index in [0.717, 1.165) is 29.0 Å². The number of carbonyl (C=O) groups is 2. The molecular weight excluding hydrogens is 426 g/mol. The van der Waals surface area contributed by atoms with E-state index < -0.39 is 29.0 Å². The van der Waals surface area contributed by atoms with Gasteiger partial charge in [-0.15, -0.1) is 0 Å².